The van der Waals surface area contributed by atoms with E-state index in [0.29, 0.717) is 11.4 Å². The van der Waals surface area contributed by atoms with Crippen LogP contribution in [0.4, 0.5) is 10.4 Å². The van der Waals surface area contributed by atoms with E-state index in [9.17, 15) is 9.50 Å². The SMILES string of the molecule is O[C@@H](CNc1nc(-c2ccccc2)no1)c1ccc(F)cc1. The minimum absolute atomic E-state index is 0.183. The van der Waals surface area contributed by atoms with Gasteiger partial charge in [0.05, 0.1) is 6.10 Å². The molecule has 0 unspecified atom stereocenters. The summed E-state index contributed by atoms with van der Waals surface area (Å²) in [4.78, 5) is 4.20. The van der Waals surface area contributed by atoms with Gasteiger partial charge in [-0.05, 0) is 17.7 Å². The molecule has 1 atom stereocenters. The molecule has 0 aliphatic rings. The minimum atomic E-state index is -0.798. The summed E-state index contributed by atoms with van der Waals surface area (Å²) < 4.78 is 17.9. The van der Waals surface area contributed by atoms with E-state index < -0.39 is 6.10 Å². The van der Waals surface area contributed by atoms with Crippen LogP contribution in [0, 0.1) is 5.82 Å². The number of aromatic nitrogens is 2. The lowest BCUT2D eigenvalue weighted by Gasteiger charge is -2.10. The average molecular weight is 299 g/mol. The molecule has 0 saturated heterocycles. The maximum absolute atomic E-state index is 12.8. The number of hydrogen-bond donors (Lipinski definition) is 2. The zero-order valence-electron chi connectivity index (χ0n) is 11.6. The van der Waals surface area contributed by atoms with Gasteiger partial charge in [0.25, 0.3) is 0 Å². The van der Waals surface area contributed by atoms with Gasteiger partial charge in [0, 0.05) is 12.1 Å². The Labute approximate surface area is 126 Å². The van der Waals surface area contributed by atoms with Crippen LogP contribution >= 0.6 is 0 Å². The molecule has 0 amide bonds. The molecule has 1 heterocycles. The predicted molar refractivity (Wildman–Crippen MR) is 79.6 cm³/mol. The van der Waals surface area contributed by atoms with Crippen molar-refractivity contribution in [3.05, 3.63) is 66.0 Å². The lowest BCUT2D eigenvalue weighted by Crippen LogP contribution is -2.12. The van der Waals surface area contributed by atoms with Crippen molar-refractivity contribution in [1.82, 2.24) is 10.1 Å². The molecule has 0 radical (unpaired) electrons. The molecule has 1 aromatic heterocycles. The molecule has 0 saturated carbocycles. The fourth-order valence-electron chi connectivity index (χ4n) is 1.99. The summed E-state index contributed by atoms with van der Waals surface area (Å²) in [5, 5.41) is 16.8. The second-order valence-electron chi connectivity index (χ2n) is 4.74. The summed E-state index contributed by atoms with van der Waals surface area (Å²) in [6, 6.07) is 15.3. The maximum Gasteiger partial charge on any atom is 0.321 e. The molecule has 3 rings (SSSR count). The number of nitrogens with zero attached hydrogens (tertiary/aromatic N) is 2. The molecular weight excluding hydrogens is 285 g/mol. The molecule has 6 heteroatoms. The van der Waals surface area contributed by atoms with Crippen LogP contribution in [0.1, 0.15) is 11.7 Å². The fraction of sp³-hybridized carbons (Fsp3) is 0.125. The third kappa shape index (κ3) is 3.29. The Kier molecular flexibility index (Phi) is 4.11. The van der Waals surface area contributed by atoms with Crippen LogP contribution in [0.2, 0.25) is 0 Å². The Morgan fingerprint density at radius 2 is 1.82 bits per heavy atom. The largest absolute Gasteiger partial charge is 0.387 e. The zero-order chi connectivity index (χ0) is 15.4. The topological polar surface area (TPSA) is 71.2 Å². The smallest absolute Gasteiger partial charge is 0.321 e. The number of hydrogen-bond acceptors (Lipinski definition) is 5. The number of anilines is 1. The van der Waals surface area contributed by atoms with Gasteiger partial charge in [-0.3, -0.25) is 0 Å². The summed E-state index contributed by atoms with van der Waals surface area (Å²) in [5.41, 5.74) is 1.45. The third-order valence-electron chi connectivity index (χ3n) is 3.16. The van der Waals surface area contributed by atoms with E-state index in [1.54, 1.807) is 0 Å². The summed E-state index contributed by atoms with van der Waals surface area (Å²) in [5.74, 6) is 0.132. The zero-order valence-corrected chi connectivity index (χ0v) is 11.6. The third-order valence-corrected chi connectivity index (χ3v) is 3.16. The van der Waals surface area contributed by atoms with Gasteiger partial charge in [0.1, 0.15) is 5.82 Å². The lowest BCUT2D eigenvalue weighted by molar-refractivity contribution is 0.190. The Morgan fingerprint density at radius 1 is 1.09 bits per heavy atom. The second kappa shape index (κ2) is 6.36. The van der Waals surface area contributed by atoms with E-state index in [2.05, 4.69) is 15.5 Å². The fourth-order valence-corrected chi connectivity index (χ4v) is 1.99. The maximum atomic E-state index is 12.8. The van der Waals surface area contributed by atoms with Crippen molar-refractivity contribution in [3.63, 3.8) is 0 Å². The Bertz CT molecular complexity index is 729. The van der Waals surface area contributed by atoms with Crippen LogP contribution in [-0.4, -0.2) is 21.8 Å². The van der Waals surface area contributed by atoms with Crippen molar-refractivity contribution >= 4 is 6.01 Å². The lowest BCUT2D eigenvalue weighted by atomic mass is 10.1. The van der Waals surface area contributed by atoms with Crippen LogP contribution in [0.15, 0.2) is 59.1 Å². The summed E-state index contributed by atoms with van der Waals surface area (Å²) in [6.45, 7) is 0.183. The van der Waals surface area contributed by atoms with Crippen LogP contribution in [0.25, 0.3) is 11.4 Å². The highest BCUT2D eigenvalue weighted by Crippen LogP contribution is 2.18. The minimum Gasteiger partial charge on any atom is -0.387 e. The predicted octanol–water partition coefficient (Wildman–Crippen LogP) is 3.02. The molecule has 0 bridgehead atoms. The first-order valence-electron chi connectivity index (χ1n) is 6.79. The average Bonchev–Trinajstić information content (AvgIpc) is 3.03. The normalized spacial score (nSPS) is 12.1. The summed E-state index contributed by atoms with van der Waals surface area (Å²) >= 11 is 0. The molecular formula is C16H14FN3O2. The van der Waals surface area contributed by atoms with Crippen molar-refractivity contribution < 1.29 is 14.0 Å². The van der Waals surface area contributed by atoms with E-state index >= 15 is 0 Å². The number of rotatable bonds is 5. The first kappa shape index (κ1) is 14.2. The van der Waals surface area contributed by atoms with Crippen molar-refractivity contribution in [2.75, 3.05) is 11.9 Å². The molecule has 2 aromatic carbocycles. The Hall–Kier alpha value is -2.73. The van der Waals surface area contributed by atoms with Gasteiger partial charge in [-0.25, -0.2) is 4.39 Å². The summed E-state index contributed by atoms with van der Waals surface area (Å²) in [6.07, 6.45) is -0.798. The molecule has 0 fully saturated rings. The Balaban J connectivity index is 1.62. The van der Waals surface area contributed by atoms with Gasteiger partial charge in [-0.2, -0.15) is 4.98 Å². The van der Waals surface area contributed by atoms with Gasteiger partial charge >= 0.3 is 6.01 Å². The number of aliphatic hydroxyl groups excluding tert-OH is 1. The van der Waals surface area contributed by atoms with E-state index in [-0.39, 0.29) is 18.4 Å². The van der Waals surface area contributed by atoms with Gasteiger partial charge in [0.15, 0.2) is 0 Å². The van der Waals surface area contributed by atoms with Crippen molar-refractivity contribution in [2.24, 2.45) is 0 Å². The summed E-state index contributed by atoms with van der Waals surface area (Å²) in [7, 11) is 0. The van der Waals surface area contributed by atoms with Crippen molar-refractivity contribution in [2.45, 2.75) is 6.10 Å². The molecule has 112 valence electrons. The molecule has 0 spiro atoms. The molecule has 5 nitrogen and oxygen atoms in total. The van der Waals surface area contributed by atoms with E-state index in [1.165, 1.54) is 24.3 Å². The van der Waals surface area contributed by atoms with Gasteiger partial charge in [-0.1, -0.05) is 47.6 Å². The molecule has 0 aliphatic carbocycles. The number of benzene rings is 2. The van der Waals surface area contributed by atoms with E-state index in [1.807, 2.05) is 30.3 Å². The Morgan fingerprint density at radius 3 is 2.55 bits per heavy atom. The second-order valence-corrected chi connectivity index (χ2v) is 4.74. The first-order valence-corrected chi connectivity index (χ1v) is 6.79. The van der Waals surface area contributed by atoms with Gasteiger partial charge in [-0.15, -0.1) is 0 Å². The molecule has 2 N–H and O–H groups in total. The number of nitrogens with one attached hydrogen (secondary N) is 1. The monoisotopic (exact) mass is 299 g/mol. The first-order chi connectivity index (χ1) is 10.7. The van der Waals surface area contributed by atoms with Crippen LogP contribution in [-0.2, 0) is 0 Å². The van der Waals surface area contributed by atoms with Crippen LogP contribution in [0.5, 0.6) is 0 Å². The highest BCUT2D eigenvalue weighted by molar-refractivity contribution is 5.54. The van der Waals surface area contributed by atoms with Crippen LogP contribution < -0.4 is 5.32 Å². The molecule has 0 aliphatic heterocycles. The van der Waals surface area contributed by atoms with E-state index in [0.717, 1.165) is 5.56 Å². The molecule has 22 heavy (non-hydrogen) atoms. The van der Waals surface area contributed by atoms with E-state index in [4.69, 9.17) is 4.52 Å². The quantitative estimate of drug-likeness (QED) is 0.757. The van der Waals surface area contributed by atoms with Gasteiger partial charge < -0.3 is 14.9 Å². The van der Waals surface area contributed by atoms with Gasteiger partial charge in [0.2, 0.25) is 5.82 Å². The van der Waals surface area contributed by atoms with Crippen LogP contribution in [0.3, 0.4) is 0 Å². The highest BCUT2D eigenvalue weighted by Gasteiger charge is 2.11. The standard InChI is InChI=1S/C16H14FN3O2/c17-13-8-6-11(7-9-13)14(21)10-18-16-19-15(20-22-16)12-4-2-1-3-5-12/h1-9,14,21H,10H2,(H,18,19,20)/t14-/m0/s1. The molecule has 3 aromatic rings. The van der Waals surface area contributed by atoms with Crippen molar-refractivity contribution in [3.8, 4) is 11.4 Å². The number of halogens is 1. The highest BCUT2D eigenvalue weighted by atomic mass is 19.1. The number of aliphatic hydroxyl groups is 1. The van der Waals surface area contributed by atoms with Crippen molar-refractivity contribution in [1.29, 1.82) is 0 Å².